The Morgan fingerprint density at radius 3 is 2.63 bits per heavy atom. The van der Waals surface area contributed by atoms with E-state index in [4.69, 9.17) is 0 Å². The molecule has 27 heavy (non-hydrogen) atoms. The second-order valence-electron chi connectivity index (χ2n) is 7.18. The standard InChI is InChI=1S/C19H29N3O4S/c1-4-12-27(25,26)22-11-7-8-15(13-22)18(23)21-17-10-6-5-9-16(17)19(24)20-14(2)3/h5-6,9-10,14-15H,4,7-8,11-13H2,1-3H3,(H,20,24)(H,21,23). The van der Waals surface area contributed by atoms with Crippen LogP contribution in [0.3, 0.4) is 0 Å². The van der Waals surface area contributed by atoms with Gasteiger partial charge in [-0.2, -0.15) is 0 Å². The predicted molar refractivity (Wildman–Crippen MR) is 106 cm³/mol. The van der Waals surface area contributed by atoms with E-state index in [-0.39, 0.29) is 30.2 Å². The lowest BCUT2D eigenvalue weighted by molar-refractivity contribution is -0.120. The van der Waals surface area contributed by atoms with Crippen molar-refractivity contribution < 1.29 is 18.0 Å². The number of nitrogens with one attached hydrogen (secondary N) is 2. The predicted octanol–water partition coefficient (Wildman–Crippen LogP) is 2.22. The highest BCUT2D eigenvalue weighted by atomic mass is 32.2. The van der Waals surface area contributed by atoms with Crippen LogP contribution in [-0.4, -0.2) is 49.4 Å². The van der Waals surface area contributed by atoms with Gasteiger partial charge in [0.15, 0.2) is 0 Å². The Hall–Kier alpha value is -1.93. The molecule has 1 aromatic rings. The first kappa shape index (κ1) is 21.4. The first-order valence-corrected chi connectivity index (χ1v) is 11.0. The summed E-state index contributed by atoms with van der Waals surface area (Å²) in [7, 11) is -3.32. The smallest absolute Gasteiger partial charge is 0.253 e. The quantitative estimate of drug-likeness (QED) is 0.740. The summed E-state index contributed by atoms with van der Waals surface area (Å²) in [6, 6.07) is 6.82. The minimum Gasteiger partial charge on any atom is -0.350 e. The first-order chi connectivity index (χ1) is 12.7. The van der Waals surface area contributed by atoms with Gasteiger partial charge in [0, 0.05) is 19.1 Å². The van der Waals surface area contributed by atoms with E-state index in [0.717, 1.165) is 0 Å². The molecule has 7 nitrogen and oxygen atoms in total. The number of anilines is 1. The molecule has 1 unspecified atom stereocenters. The Labute approximate surface area is 161 Å². The molecule has 1 heterocycles. The zero-order chi connectivity index (χ0) is 20.0. The van der Waals surface area contributed by atoms with Gasteiger partial charge < -0.3 is 10.6 Å². The fourth-order valence-corrected chi connectivity index (χ4v) is 4.75. The molecule has 1 atom stereocenters. The van der Waals surface area contributed by atoms with Crippen molar-refractivity contribution in [2.24, 2.45) is 5.92 Å². The summed E-state index contributed by atoms with van der Waals surface area (Å²) in [5.41, 5.74) is 0.833. The summed E-state index contributed by atoms with van der Waals surface area (Å²) in [5.74, 6) is -0.834. The molecule has 150 valence electrons. The number of para-hydroxylation sites is 1. The molecule has 0 radical (unpaired) electrons. The first-order valence-electron chi connectivity index (χ1n) is 9.43. The van der Waals surface area contributed by atoms with Crippen LogP contribution in [0.4, 0.5) is 5.69 Å². The Balaban J connectivity index is 2.10. The number of carbonyl (C=O) groups excluding carboxylic acids is 2. The number of carbonyl (C=O) groups is 2. The molecule has 2 rings (SSSR count). The van der Waals surface area contributed by atoms with Crippen molar-refractivity contribution in [2.75, 3.05) is 24.2 Å². The van der Waals surface area contributed by atoms with Crippen LogP contribution in [-0.2, 0) is 14.8 Å². The largest absolute Gasteiger partial charge is 0.350 e. The van der Waals surface area contributed by atoms with E-state index >= 15 is 0 Å². The third-order valence-corrected chi connectivity index (χ3v) is 6.50. The average molecular weight is 396 g/mol. The van der Waals surface area contributed by atoms with Gasteiger partial charge >= 0.3 is 0 Å². The van der Waals surface area contributed by atoms with E-state index in [2.05, 4.69) is 10.6 Å². The van der Waals surface area contributed by atoms with E-state index < -0.39 is 15.9 Å². The summed E-state index contributed by atoms with van der Waals surface area (Å²) >= 11 is 0. The summed E-state index contributed by atoms with van der Waals surface area (Å²) in [6.45, 7) is 6.21. The van der Waals surface area contributed by atoms with Crippen molar-refractivity contribution in [3.63, 3.8) is 0 Å². The van der Waals surface area contributed by atoms with Crippen molar-refractivity contribution in [1.29, 1.82) is 0 Å². The van der Waals surface area contributed by atoms with Crippen LogP contribution < -0.4 is 10.6 Å². The number of sulfonamides is 1. The van der Waals surface area contributed by atoms with Crippen molar-refractivity contribution >= 4 is 27.5 Å². The lowest BCUT2D eigenvalue weighted by atomic mass is 9.98. The Bertz CT molecular complexity index is 777. The molecule has 1 fully saturated rings. The summed E-state index contributed by atoms with van der Waals surface area (Å²) in [5, 5.41) is 5.63. The summed E-state index contributed by atoms with van der Waals surface area (Å²) < 4.78 is 26.0. The van der Waals surface area contributed by atoms with Gasteiger partial charge in [-0.1, -0.05) is 19.1 Å². The number of hydrogen-bond acceptors (Lipinski definition) is 4. The molecule has 0 aliphatic carbocycles. The molecule has 0 saturated carbocycles. The van der Waals surface area contributed by atoms with Crippen molar-refractivity contribution in [2.45, 2.75) is 46.1 Å². The van der Waals surface area contributed by atoms with E-state index in [9.17, 15) is 18.0 Å². The van der Waals surface area contributed by atoms with E-state index in [1.807, 2.05) is 20.8 Å². The fraction of sp³-hybridized carbons (Fsp3) is 0.579. The minimum atomic E-state index is -3.32. The molecule has 0 spiro atoms. The molecule has 1 aliphatic rings. The van der Waals surface area contributed by atoms with Crippen molar-refractivity contribution in [3.05, 3.63) is 29.8 Å². The van der Waals surface area contributed by atoms with Crippen LogP contribution >= 0.6 is 0 Å². The van der Waals surface area contributed by atoms with Crippen LogP contribution in [0.1, 0.15) is 50.4 Å². The summed E-state index contributed by atoms with van der Waals surface area (Å²) in [6.07, 6.45) is 1.83. The van der Waals surface area contributed by atoms with Crippen LogP contribution in [0, 0.1) is 5.92 Å². The molecule has 1 saturated heterocycles. The molecular formula is C19H29N3O4S. The normalized spacial score (nSPS) is 18.3. The second kappa shape index (κ2) is 9.32. The molecule has 0 bridgehead atoms. The Morgan fingerprint density at radius 2 is 1.96 bits per heavy atom. The molecule has 8 heteroatoms. The highest BCUT2D eigenvalue weighted by molar-refractivity contribution is 7.89. The van der Waals surface area contributed by atoms with Crippen LogP contribution in [0.5, 0.6) is 0 Å². The highest BCUT2D eigenvalue weighted by Crippen LogP contribution is 2.23. The number of piperidine rings is 1. The van der Waals surface area contributed by atoms with Gasteiger partial charge in [0.2, 0.25) is 15.9 Å². The van der Waals surface area contributed by atoms with E-state index in [0.29, 0.717) is 37.1 Å². The van der Waals surface area contributed by atoms with E-state index in [1.54, 1.807) is 24.3 Å². The fourth-order valence-electron chi connectivity index (χ4n) is 3.16. The maximum Gasteiger partial charge on any atom is 0.253 e. The maximum absolute atomic E-state index is 12.7. The number of amides is 2. The molecule has 2 amide bonds. The van der Waals surface area contributed by atoms with Gasteiger partial charge in [-0.15, -0.1) is 0 Å². The zero-order valence-electron chi connectivity index (χ0n) is 16.2. The van der Waals surface area contributed by atoms with Gasteiger partial charge in [-0.25, -0.2) is 12.7 Å². The van der Waals surface area contributed by atoms with Gasteiger partial charge in [0.1, 0.15) is 0 Å². The molecule has 2 N–H and O–H groups in total. The summed E-state index contributed by atoms with van der Waals surface area (Å²) in [4.78, 5) is 25.1. The number of hydrogen-bond donors (Lipinski definition) is 2. The van der Waals surface area contributed by atoms with Gasteiger partial charge in [0.25, 0.3) is 5.91 Å². The topological polar surface area (TPSA) is 95.6 Å². The van der Waals surface area contributed by atoms with Gasteiger partial charge in [-0.05, 0) is 45.2 Å². The third-order valence-electron chi connectivity index (χ3n) is 4.46. The van der Waals surface area contributed by atoms with Gasteiger partial charge in [-0.3, -0.25) is 9.59 Å². The Morgan fingerprint density at radius 1 is 1.26 bits per heavy atom. The molecule has 0 aromatic heterocycles. The molecular weight excluding hydrogens is 366 g/mol. The highest BCUT2D eigenvalue weighted by Gasteiger charge is 2.32. The van der Waals surface area contributed by atoms with Crippen LogP contribution in [0.15, 0.2) is 24.3 Å². The van der Waals surface area contributed by atoms with E-state index in [1.165, 1.54) is 4.31 Å². The average Bonchev–Trinajstić information content (AvgIpc) is 2.61. The molecule has 1 aromatic carbocycles. The minimum absolute atomic E-state index is 0.0167. The number of nitrogens with zero attached hydrogens (tertiary/aromatic N) is 1. The zero-order valence-corrected chi connectivity index (χ0v) is 17.0. The lowest BCUT2D eigenvalue weighted by Crippen LogP contribution is -2.44. The van der Waals surface area contributed by atoms with Crippen LogP contribution in [0.2, 0.25) is 0 Å². The lowest BCUT2D eigenvalue weighted by Gasteiger charge is -2.31. The number of rotatable bonds is 7. The third kappa shape index (κ3) is 5.77. The van der Waals surface area contributed by atoms with Crippen LogP contribution in [0.25, 0.3) is 0 Å². The number of benzene rings is 1. The second-order valence-corrected chi connectivity index (χ2v) is 9.26. The maximum atomic E-state index is 12.7. The SMILES string of the molecule is CCCS(=O)(=O)N1CCCC(C(=O)Nc2ccccc2C(=O)NC(C)C)C1. The van der Waals surface area contributed by atoms with Gasteiger partial charge in [0.05, 0.1) is 22.9 Å². The van der Waals surface area contributed by atoms with Crippen molar-refractivity contribution in [1.82, 2.24) is 9.62 Å². The van der Waals surface area contributed by atoms with Crippen molar-refractivity contribution in [3.8, 4) is 0 Å². The monoisotopic (exact) mass is 395 g/mol. The Kier molecular flexibility index (Phi) is 7.38. The molecule has 1 aliphatic heterocycles.